The number of hydrogen-bond acceptors (Lipinski definition) is 3. The smallest absolute Gasteiger partial charge is 0.221 e. The van der Waals surface area contributed by atoms with E-state index in [-0.39, 0.29) is 18.3 Å². The number of rotatable bonds is 7. The fourth-order valence-corrected chi connectivity index (χ4v) is 4.01. The molecule has 2 atom stereocenters. The van der Waals surface area contributed by atoms with Crippen LogP contribution in [-0.2, 0) is 4.79 Å². The molecule has 2 fully saturated rings. The number of carbonyl (C=O) groups excluding carboxylic acids is 1. The highest BCUT2D eigenvalue weighted by Crippen LogP contribution is 2.26. The van der Waals surface area contributed by atoms with Crippen molar-refractivity contribution in [3.05, 3.63) is 0 Å². The van der Waals surface area contributed by atoms with Gasteiger partial charge in [0.05, 0.1) is 0 Å². The first-order valence-corrected chi connectivity index (χ1v) is 8.56. The summed E-state index contributed by atoms with van der Waals surface area (Å²) in [7, 11) is 0. The van der Waals surface area contributed by atoms with E-state index in [4.69, 9.17) is 0 Å². The zero-order valence-corrected chi connectivity index (χ0v) is 13.5. The van der Waals surface area contributed by atoms with Gasteiger partial charge in [-0.15, -0.1) is 12.4 Å². The maximum absolute atomic E-state index is 11.8. The number of unbranched alkanes of at least 4 members (excludes halogenated alkanes) is 1. The first kappa shape index (κ1) is 17.1. The fraction of sp³-hybridized carbons (Fsp3) is 0.929. The monoisotopic (exact) mass is 306 g/mol. The Balaban J connectivity index is 0.00000180. The lowest BCUT2D eigenvalue weighted by Crippen LogP contribution is -2.48. The average molecular weight is 307 g/mol. The van der Waals surface area contributed by atoms with Gasteiger partial charge in [-0.25, -0.2) is 0 Å². The summed E-state index contributed by atoms with van der Waals surface area (Å²) < 4.78 is 0. The molecule has 2 heterocycles. The number of carbonyl (C=O) groups is 1. The van der Waals surface area contributed by atoms with Gasteiger partial charge < -0.3 is 10.6 Å². The lowest BCUT2D eigenvalue weighted by atomic mass is 10.00. The van der Waals surface area contributed by atoms with Crippen molar-refractivity contribution >= 4 is 30.1 Å². The highest BCUT2D eigenvalue weighted by molar-refractivity contribution is 7.99. The number of nitrogens with one attached hydrogen (secondary N) is 2. The number of fused-ring (bicyclic) bond motifs is 2. The minimum Gasteiger partial charge on any atom is -0.353 e. The van der Waals surface area contributed by atoms with Crippen LogP contribution in [0.25, 0.3) is 0 Å². The molecule has 1 amide bonds. The molecule has 2 saturated heterocycles. The summed E-state index contributed by atoms with van der Waals surface area (Å²) in [5, 5.41) is 6.82. The lowest BCUT2D eigenvalue weighted by molar-refractivity contribution is -0.121. The van der Waals surface area contributed by atoms with Gasteiger partial charge in [0.15, 0.2) is 0 Å². The summed E-state index contributed by atoms with van der Waals surface area (Å²) in [6, 6.07) is 1.75. The van der Waals surface area contributed by atoms with E-state index in [0.717, 1.165) is 18.6 Å². The molecular formula is C14H27ClN2OS. The Morgan fingerprint density at radius 3 is 2.58 bits per heavy atom. The van der Waals surface area contributed by atoms with Gasteiger partial charge in [-0.05, 0) is 37.9 Å². The van der Waals surface area contributed by atoms with Crippen LogP contribution in [0.1, 0.15) is 51.9 Å². The molecule has 3 nitrogen and oxygen atoms in total. The van der Waals surface area contributed by atoms with Crippen molar-refractivity contribution in [1.29, 1.82) is 0 Å². The van der Waals surface area contributed by atoms with Crippen molar-refractivity contribution in [2.24, 2.45) is 0 Å². The largest absolute Gasteiger partial charge is 0.353 e. The summed E-state index contributed by atoms with van der Waals surface area (Å²) in [5.74, 6) is 2.43. The van der Waals surface area contributed by atoms with Crippen LogP contribution in [0, 0.1) is 0 Å². The normalized spacial score (nSPS) is 28.8. The van der Waals surface area contributed by atoms with E-state index in [1.807, 2.05) is 11.8 Å². The maximum Gasteiger partial charge on any atom is 0.221 e. The van der Waals surface area contributed by atoms with Crippen LogP contribution < -0.4 is 10.6 Å². The summed E-state index contributed by atoms with van der Waals surface area (Å²) >= 11 is 1.91. The van der Waals surface area contributed by atoms with Crippen LogP contribution >= 0.6 is 24.2 Å². The molecule has 0 saturated carbocycles. The molecule has 2 rings (SSSR count). The van der Waals surface area contributed by atoms with Crippen molar-refractivity contribution in [3.63, 3.8) is 0 Å². The van der Waals surface area contributed by atoms with Crippen LogP contribution in [0.3, 0.4) is 0 Å². The number of halogens is 1. The molecule has 19 heavy (non-hydrogen) atoms. The SMILES string of the molecule is CCCCSCCC(=O)NC1CC2CCC(C1)N2.Cl. The van der Waals surface area contributed by atoms with Crippen molar-refractivity contribution in [3.8, 4) is 0 Å². The highest BCUT2D eigenvalue weighted by Gasteiger charge is 2.33. The van der Waals surface area contributed by atoms with Crippen molar-refractivity contribution in [1.82, 2.24) is 10.6 Å². The quantitative estimate of drug-likeness (QED) is 0.711. The number of amides is 1. The van der Waals surface area contributed by atoms with Gasteiger partial charge >= 0.3 is 0 Å². The average Bonchev–Trinajstić information content (AvgIpc) is 2.68. The number of piperidine rings is 1. The van der Waals surface area contributed by atoms with Crippen LogP contribution in [0.15, 0.2) is 0 Å². The van der Waals surface area contributed by atoms with Crippen molar-refractivity contribution in [2.45, 2.75) is 70.0 Å². The summed E-state index contributed by atoms with van der Waals surface area (Å²) in [6.07, 6.45) is 8.05. The van der Waals surface area contributed by atoms with Crippen LogP contribution in [-0.4, -0.2) is 35.5 Å². The van der Waals surface area contributed by atoms with Gasteiger partial charge in [-0.2, -0.15) is 11.8 Å². The van der Waals surface area contributed by atoms with E-state index in [1.54, 1.807) is 0 Å². The van der Waals surface area contributed by atoms with Crippen LogP contribution in [0.5, 0.6) is 0 Å². The second-order valence-electron chi connectivity index (χ2n) is 5.59. The predicted molar refractivity (Wildman–Crippen MR) is 85.2 cm³/mol. The third-order valence-corrected chi connectivity index (χ3v) is 5.02. The number of thioether (sulfide) groups is 1. The Kier molecular flexibility index (Phi) is 8.19. The molecule has 2 aliphatic rings. The van der Waals surface area contributed by atoms with Crippen LogP contribution in [0.4, 0.5) is 0 Å². The Bertz CT molecular complexity index is 266. The van der Waals surface area contributed by atoms with E-state index < -0.39 is 0 Å². The van der Waals surface area contributed by atoms with E-state index in [1.165, 1.54) is 31.4 Å². The van der Waals surface area contributed by atoms with Crippen molar-refractivity contribution < 1.29 is 4.79 Å². The minimum absolute atomic E-state index is 0. The van der Waals surface area contributed by atoms with Crippen molar-refractivity contribution in [2.75, 3.05) is 11.5 Å². The molecule has 0 radical (unpaired) electrons. The first-order chi connectivity index (χ1) is 8.78. The van der Waals surface area contributed by atoms with Gasteiger partial charge in [0.1, 0.15) is 0 Å². The Morgan fingerprint density at radius 1 is 1.26 bits per heavy atom. The molecule has 0 aliphatic carbocycles. The van der Waals surface area contributed by atoms with Gasteiger partial charge in [-0.3, -0.25) is 4.79 Å². The lowest BCUT2D eigenvalue weighted by Gasteiger charge is -2.29. The highest BCUT2D eigenvalue weighted by atomic mass is 35.5. The van der Waals surface area contributed by atoms with E-state index in [9.17, 15) is 4.79 Å². The van der Waals surface area contributed by atoms with Gasteiger partial charge in [0, 0.05) is 30.3 Å². The Labute approximate surface area is 127 Å². The van der Waals surface area contributed by atoms with Gasteiger partial charge in [-0.1, -0.05) is 13.3 Å². The van der Waals surface area contributed by atoms with E-state index in [0.29, 0.717) is 24.5 Å². The van der Waals surface area contributed by atoms with Gasteiger partial charge in [0.25, 0.3) is 0 Å². The first-order valence-electron chi connectivity index (χ1n) is 7.41. The number of hydrogen-bond donors (Lipinski definition) is 2. The second-order valence-corrected chi connectivity index (χ2v) is 6.81. The molecule has 5 heteroatoms. The summed E-state index contributed by atoms with van der Waals surface area (Å²) in [4.78, 5) is 11.8. The zero-order chi connectivity index (χ0) is 12.8. The molecule has 2 unspecified atom stereocenters. The maximum atomic E-state index is 11.8. The topological polar surface area (TPSA) is 41.1 Å². The van der Waals surface area contributed by atoms with Crippen LogP contribution in [0.2, 0.25) is 0 Å². The standard InChI is InChI=1S/C14H26N2OS.ClH/c1-2-3-7-18-8-6-14(17)16-13-9-11-4-5-12(10-13)15-11;/h11-13,15H,2-10H2,1H3,(H,16,17);1H. The molecule has 0 aromatic rings. The zero-order valence-electron chi connectivity index (χ0n) is 11.8. The Morgan fingerprint density at radius 2 is 1.95 bits per heavy atom. The molecule has 2 aliphatic heterocycles. The molecule has 2 N–H and O–H groups in total. The molecule has 0 aromatic heterocycles. The summed E-state index contributed by atoms with van der Waals surface area (Å²) in [6.45, 7) is 2.21. The molecule has 112 valence electrons. The third-order valence-electron chi connectivity index (χ3n) is 3.95. The molecule has 2 bridgehead atoms. The fourth-order valence-electron chi connectivity index (χ4n) is 2.99. The van der Waals surface area contributed by atoms with Gasteiger partial charge in [0.2, 0.25) is 5.91 Å². The Hall–Kier alpha value is 0.0700. The molecule has 0 spiro atoms. The predicted octanol–water partition coefficient (Wildman–Crippen LogP) is 2.73. The second kappa shape index (κ2) is 9.09. The summed E-state index contributed by atoms with van der Waals surface area (Å²) in [5.41, 5.74) is 0. The minimum atomic E-state index is 0. The molecule has 0 aromatic carbocycles. The third kappa shape index (κ3) is 5.92. The van der Waals surface area contributed by atoms with E-state index in [2.05, 4.69) is 17.6 Å². The van der Waals surface area contributed by atoms with E-state index >= 15 is 0 Å². The molecular weight excluding hydrogens is 280 g/mol.